The van der Waals surface area contributed by atoms with E-state index in [-0.39, 0.29) is 29.6 Å². The molecule has 21 heavy (non-hydrogen) atoms. The van der Waals surface area contributed by atoms with Crippen molar-refractivity contribution in [3.05, 3.63) is 28.8 Å². The molecule has 2 heterocycles. The summed E-state index contributed by atoms with van der Waals surface area (Å²) in [6, 6.07) is 4.69. The number of likely N-dealkylation sites (N-methyl/N-ethyl adjacent to an activating group) is 1. The predicted octanol–water partition coefficient (Wildman–Crippen LogP) is 2.08. The molecule has 2 aliphatic rings. The van der Waals surface area contributed by atoms with Crippen LogP contribution in [0.5, 0.6) is 0 Å². The van der Waals surface area contributed by atoms with Crippen LogP contribution in [0.4, 0.5) is 10.5 Å². The Hall–Kier alpha value is -1.27. The van der Waals surface area contributed by atoms with Gasteiger partial charge in [-0.1, -0.05) is 17.7 Å². The van der Waals surface area contributed by atoms with Gasteiger partial charge in [-0.05, 0) is 31.5 Å². The fraction of sp³-hybridized carbons (Fsp3) is 0.500. The third kappa shape index (κ3) is 2.30. The molecule has 0 radical (unpaired) electrons. The molecule has 0 unspecified atom stereocenters. The lowest BCUT2D eigenvalue weighted by atomic mass is 10.1. The average Bonchev–Trinajstić information content (AvgIpc) is 2.82. The topological polar surface area (TPSA) is 57.7 Å². The van der Waals surface area contributed by atoms with Crippen LogP contribution in [0, 0.1) is 6.92 Å². The molecule has 1 aromatic rings. The van der Waals surface area contributed by atoms with Crippen molar-refractivity contribution in [3.63, 3.8) is 0 Å². The van der Waals surface area contributed by atoms with E-state index in [1.807, 2.05) is 26.0 Å². The number of hydrogen-bond donors (Lipinski definition) is 0. The Morgan fingerprint density at radius 3 is 2.57 bits per heavy atom. The van der Waals surface area contributed by atoms with Crippen molar-refractivity contribution < 1.29 is 13.2 Å². The lowest BCUT2D eigenvalue weighted by Gasteiger charge is -2.22. The number of halogens is 1. The molecular weight excluding hydrogens is 312 g/mol. The number of aryl methyl sites for hydroxylation is 1. The van der Waals surface area contributed by atoms with Crippen molar-refractivity contribution in [1.82, 2.24) is 4.90 Å². The van der Waals surface area contributed by atoms with Crippen LogP contribution < -0.4 is 4.90 Å². The summed E-state index contributed by atoms with van der Waals surface area (Å²) in [6.45, 7) is 4.26. The number of nitrogens with zero attached hydrogens (tertiary/aromatic N) is 2. The van der Waals surface area contributed by atoms with Gasteiger partial charge in [0.2, 0.25) is 0 Å². The number of rotatable bonds is 2. The zero-order chi connectivity index (χ0) is 15.4. The minimum absolute atomic E-state index is 0.0192. The molecule has 114 valence electrons. The largest absolute Gasteiger partial charge is 0.325 e. The number of carbonyl (C=O) groups is 1. The zero-order valence-electron chi connectivity index (χ0n) is 11.9. The van der Waals surface area contributed by atoms with E-state index in [4.69, 9.17) is 11.6 Å². The molecule has 3 rings (SSSR count). The Balaban J connectivity index is 2.04. The highest BCUT2D eigenvalue weighted by atomic mass is 35.5. The van der Waals surface area contributed by atoms with Gasteiger partial charge in [0, 0.05) is 17.3 Å². The first-order chi connectivity index (χ1) is 9.84. The molecule has 7 heteroatoms. The average molecular weight is 329 g/mol. The molecule has 0 aliphatic carbocycles. The summed E-state index contributed by atoms with van der Waals surface area (Å²) in [5.41, 5.74) is 1.59. The number of amides is 2. The number of anilines is 1. The SMILES string of the molecule is CCN1C(=O)N(c2ccc(C)c(Cl)c2)[C@H]2CS(=O)(=O)C[C@H]21. The minimum Gasteiger partial charge on any atom is -0.318 e. The van der Waals surface area contributed by atoms with Crippen LogP contribution in [0.3, 0.4) is 0 Å². The summed E-state index contributed by atoms with van der Waals surface area (Å²) in [5.74, 6) is 0.0682. The van der Waals surface area contributed by atoms with Gasteiger partial charge in [-0.3, -0.25) is 4.90 Å². The van der Waals surface area contributed by atoms with Crippen molar-refractivity contribution in [1.29, 1.82) is 0 Å². The highest BCUT2D eigenvalue weighted by molar-refractivity contribution is 7.91. The van der Waals surface area contributed by atoms with Crippen LogP contribution >= 0.6 is 11.6 Å². The van der Waals surface area contributed by atoms with Crippen molar-refractivity contribution in [3.8, 4) is 0 Å². The Morgan fingerprint density at radius 1 is 1.29 bits per heavy atom. The first-order valence-electron chi connectivity index (χ1n) is 6.90. The van der Waals surface area contributed by atoms with Crippen LogP contribution in [-0.2, 0) is 9.84 Å². The molecule has 0 saturated carbocycles. The molecule has 2 amide bonds. The summed E-state index contributed by atoms with van der Waals surface area (Å²) >= 11 is 6.14. The molecular formula is C14H17ClN2O3S. The maximum Gasteiger partial charge on any atom is 0.325 e. The first-order valence-corrected chi connectivity index (χ1v) is 9.10. The summed E-state index contributed by atoms with van der Waals surface area (Å²) in [5, 5.41) is 0.577. The molecule has 2 atom stereocenters. The molecule has 5 nitrogen and oxygen atoms in total. The first kappa shape index (κ1) is 14.7. The Morgan fingerprint density at radius 2 is 1.95 bits per heavy atom. The predicted molar refractivity (Wildman–Crippen MR) is 82.7 cm³/mol. The number of fused-ring (bicyclic) bond motifs is 1. The molecule has 0 spiro atoms. The molecule has 1 aromatic carbocycles. The van der Waals surface area contributed by atoms with Gasteiger partial charge in [0.25, 0.3) is 0 Å². The van der Waals surface area contributed by atoms with E-state index in [2.05, 4.69) is 0 Å². The fourth-order valence-electron chi connectivity index (χ4n) is 3.18. The number of urea groups is 1. The monoisotopic (exact) mass is 328 g/mol. The van der Waals surface area contributed by atoms with Crippen LogP contribution in [0.25, 0.3) is 0 Å². The van der Waals surface area contributed by atoms with E-state index in [1.54, 1.807) is 15.9 Å². The maximum absolute atomic E-state index is 12.6. The molecule has 0 aromatic heterocycles. The molecule has 2 aliphatic heterocycles. The van der Waals surface area contributed by atoms with Crippen molar-refractivity contribution in [2.45, 2.75) is 25.9 Å². The van der Waals surface area contributed by atoms with Gasteiger partial charge >= 0.3 is 6.03 Å². The van der Waals surface area contributed by atoms with E-state index < -0.39 is 9.84 Å². The Bertz CT molecular complexity index is 704. The van der Waals surface area contributed by atoms with E-state index in [0.717, 1.165) is 5.56 Å². The smallest absolute Gasteiger partial charge is 0.318 e. The molecule has 0 N–H and O–H groups in total. The number of benzene rings is 1. The summed E-state index contributed by atoms with van der Waals surface area (Å²) in [4.78, 5) is 15.8. The summed E-state index contributed by atoms with van der Waals surface area (Å²) in [7, 11) is -3.10. The third-order valence-corrected chi connectivity index (χ3v) is 6.36. The summed E-state index contributed by atoms with van der Waals surface area (Å²) < 4.78 is 23.8. The number of sulfone groups is 1. The Labute approximate surface area is 129 Å². The number of carbonyl (C=O) groups excluding carboxylic acids is 1. The van der Waals surface area contributed by atoms with Crippen molar-refractivity contribution in [2.75, 3.05) is 23.0 Å². The fourth-order valence-corrected chi connectivity index (χ4v) is 5.31. The lowest BCUT2D eigenvalue weighted by Crippen LogP contribution is -2.37. The van der Waals surface area contributed by atoms with Crippen LogP contribution in [0.15, 0.2) is 18.2 Å². The number of hydrogen-bond acceptors (Lipinski definition) is 3. The van der Waals surface area contributed by atoms with Gasteiger partial charge < -0.3 is 4.90 Å². The van der Waals surface area contributed by atoms with Gasteiger partial charge in [-0.2, -0.15) is 0 Å². The molecule has 2 saturated heterocycles. The zero-order valence-corrected chi connectivity index (χ0v) is 13.5. The van der Waals surface area contributed by atoms with E-state index in [9.17, 15) is 13.2 Å². The van der Waals surface area contributed by atoms with E-state index >= 15 is 0 Å². The second kappa shape index (κ2) is 4.88. The van der Waals surface area contributed by atoms with Crippen LogP contribution in [0.1, 0.15) is 12.5 Å². The van der Waals surface area contributed by atoms with Gasteiger partial charge in [0.1, 0.15) is 0 Å². The minimum atomic E-state index is -3.10. The molecule has 2 fully saturated rings. The maximum atomic E-state index is 12.6. The normalized spacial score (nSPS) is 27.3. The van der Waals surface area contributed by atoms with Crippen molar-refractivity contribution in [2.24, 2.45) is 0 Å². The van der Waals surface area contributed by atoms with E-state index in [0.29, 0.717) is 17.3 Å². The summed E-state index contributed by atoms with van der Waals surface area (Å²) in [6.07, 6.45) is 0. The third-order valence-electron chi connectivity index (χ3n) is 4.25. The lowest BCUT2D eigenvalue weighted by molar-refractivity contribution is 0.212. The van der Waals surface area contributed by atoms with Gasteiger partial charge in [0.15, 0.2) is 9.84 Å². The van der Waals surface area contributed by atoms with Crippen LogP contribution in [-0.4, -0.2) is 49.5 Å². The highest BCUT2D eigenvalue weighted by Crippen LogP contribution is 2.36. The quantitative estimate of drug-likeness (QED) is 0.781. The van der Waals surface area contributed by atoms with Gasteiger partial charge in [-0.25, -0.2) is 13.2 Å². The standard InChI is InChI=1S/C14H17ClN2O3S/c1-3-16-12-7-21(19,20)8-13(12)17(14(16)18)10-5-4-9(2)11(15)6-10/h4-6,12-13H,3,7-8H2,1-2H3/t12-,13+/m1/s1. The van der Waals surface area contributed by atoms with Gasteiger partial charge in [-0.15, -0.1) is 0 Å². The Kier molecular flexibility index (Phi) is 3.41. The van der Waals surface area contributed by atoms with Crippen LogP contribution in [0.2, 0.25) is 5.02 Å². The second-order valence-electron chi connectivity index (χ2n) is 5.58. The van der Waals surface area contributed by atoms with E-state index in [1.165, 1.54) is 0 Å². The highest BCUT2D eigenvalue weighted by Gasteiger charge is 2.53. The second-order valence-corrected chi connectivity index (χ2v) is 8.14. The van der Waals surface area contributed by atoms with Gasteiger partial charge in [0.05, 0.1) is 23.6 Å². The molecule has 0 bridgehead atoms. The van der Waals surface area contributed by atoms with Crippen molar-refractivity contribution >= 4 is 33.2 Å².